The lowest BCUT2D eigenvalue weighted by Gasteiger charge is -2.11. The first-order chi connectivity index (χ1) is 4.81. The van der Waals surface area contributed by atoms with Crippen molar-refractivity contribution in [3.05, 3.63) is 0 Å². The van der Waals surface area contributed by atoms with Gasteiger partial charge in [-0.3, -0.25) is 0 Å². The van der Waals surface area contributed by atoms with Gasteiger partial charge in [0.25, 0.3) is 0 Å². The first kappa shape index (κ1) is 9.84. The van der Waals surface area contributed by atoms with E-state index in [1.165, 1.54) is 0 Å². The molecule has 0 aliphatic carbocycles. The van der Waals surface area contributed by atoms with E-state index in [0.29, 0.717) is 13.1 Å². The summed E-state index contributed by atoms with van der Waals surface area (Å²) in [6, 6.07) is 0. The van der Waals surface area contributed by atoms with Crippen LogP contribution in [0.1, 0.15) is 12.8 Å². The van der Waals surface area contributed by atoms with E-state index in [-0.39, 0.29) is 6.17 Å². The zero-order valence-electron chi connectivity index (χ0n) is 6.34. The van der Waals surface area contributed by atoms with Crippen molar-refractivity contribution in [3.8, 4) is 0 Å². The molecule has 0 heterocycles. The Kier molecular flexibility index (Phi) is 6.84. The van der Waals surface area contributed by atoms with Gasteiger partial charge in [-0.2, -0.15) is 0 Å². The highest BCUT2D eigenvalue weighted by Crippen LogP contribution is 1.79. The average Bonchev–Trinajstić information content (AvgIpc) is 1.89. The van der Waals surface area contributed by atoms with Crippen LogP contribution in [-0.4, -0.2) is 25.8 Å². The van der Waals surface area contributed by atoms with Crippen molar-refractivity contribution in [1.29, 1.82) is 0 Å². The smallest absolute Gasteiger partial charge is 0.0558 e. The summed E-state index contributed by atoms with van der Waals surface area (Å²) in [6.07, 6.45) is 1.83. The lowest BCUT2D eigenvalue weighted by Crippen LogP contribution is -2.39. The third kappa shape index (κ3) is 5.97. The van der Waals surface area contributed by atoms with Crippen LogP contribution in [0.5, 0.6) is 0 Å². The molecule has 10 heavy (non-hydrogen) atoms. The Balaban J connectivity index is 2.97. The summed E-state index contributed by atoms with van der Waals surface area (Å²) in [5, 5.41) is 3.10. The lowest BCUT2D eigenvalue weighted by molar-refractivity contribution is 0.495. The SMILES string of the molecule is NCCCNC(N)CCN. The predicted octanol–water partition coefficient (Wildman–Crippen LogP) is -1.44. The summed E-state index contributed by atoms with van der Waals surface area (Å²) in [6.45, 7) is 2.23. The quantitative estimate of drug-likeness (QED) is 0.273. The molecule has 0 saturated carbocycles. The summed E-state index contributed by atoms with van der Waals surface area (Å²) in [7, 11) is 0. The molecule has 4 heteroatoms. The summed E-state index contributed by atoms with van der Waals surface area (Å²) in [5.74, 6) is 0. The van der Waals surface area contributed by atoms with E-state index in [4.69, 9.17) is 17.2 Å². The molecule has 0 amide bonds. The largest absolute Gasteiger partial charge is 0.330 e. The van der Waals surface area contributed by atoms with Crippen molar-refractivity contribution in [2.45, 2.75) is 19.0 Å². The Labute approximate surface area is 62.1 Å². The van der Waals surface area contributed by atoms with Crippen molar-refractivity contribution < 1.29 is 0 Å². The Hall–Kier alpha value is -0.160. The zero-order valence-corrected chi connectivity index (χ0v) is 6.34. The topological polar surface area (TPSA) is 90.1 Å². The van der Waals surface area contributed by atoms with Gasteiger partial charge in [-0.05, 0) is 32.5 Å². The molecule has 1 unspecified atom stereocenters. The van der Waals surface area contributed by atoms with Gasteiger partial charge in [0.05, 0.1) is 6.17 Å². The predicted molar refractivity (Wildman–Crippen MR) is 43.3 cm³/mol. The van der Waals surface area contributed by atoms with Gasteiger partial charge >= 0.3 is 0 Å². The standard InChI is InChI=1S/C6H18N4/c7-3-1-5-10-6(9)2-4-8/h6,10H,1-5,7-9H2. The third-order valence-electron chi connectivity index (χ3n) is 1.27. The Morgan fingerprint density at radius 1 is 1.20 bits per heavy atom. The van der Waals surface area contributed by atoms with Crippen LogP contribution in [0.2, 0.25) is 0 Å². The summed E-state index contributed by atoms with van der Waals surface area (Å²) >= 11 is 0. The molecule has 0 aromatic heterocycles. The Morgan fingerprint density at radius 2 is 1.90 bits per heavy atom. The highest BCUT2D eigenvalue weighted by Gasteiger charge is 1.96. The minimum Gasteiger partial charge on any atom is -0.330 e. The molecule has 0 aliphatic rings. The summed E-state index contributed by atoms with van der Waals surface area (Å²) in [4.78, 5) is 0. The van der Waals surface area contributed by atoms with E-state index in [1.807, 2.05) is 0 Å². The first-order valence-corrected chi connectivity index (χ1v) is 3.70. The van der Waals surface area contributed by atoms with E-state index in [1.54, 1.807) is 0 Å². The fraction of sp³-hybridized carbons (Fsp3) is 1.00. The molecule has 62 valence electrons. The third-order valence-corrected chi connectivity index (χ3v) is 1.27. The molecule has 0 bridgehead atoms. The van der Waals surface area contributed by atoms with Crippen molar-refractivity contribution in [1.82, 2.24) is 5.32 Å². The van der Waals surface area contributed by atoms with Gasteiger partial charge in [0.15, 0.2) is 0 Å². The molecule has 0 fully saturated rings. The van der Waals surface area contributed by atoms with Gasteiger partial charge in [-0.25, -0.2) is 0 Å². The number of hydrogen-bond acceptors (Lipinski definition) is 4. The second-order valence-electron chi connectivity index (χ2n) is 2.28. The van der Waals surface area contributed by atoms with Crippen LogP contribution in [0.25, 0.3) is 0 Å². The molecule has 1 atom stereocenters. The maximum absolute atomic E-state index is 5.59. The van der Waals surface area contributed by atoms with Crippen LogP contribution >= 0.6 is 0 Å². The lowest BCUT2D eigenvalue weighted by atomic mass is 10.3. The number of hydrogen-bond donors (Lipinski definition) is 4. The van der Waals surface area contributed by atoms with E-state index in [2.05, 4.69) is 5.32 Å². The second-order valence-corrected chi connectivity index (χ2v) is 2.28. The molecule has 0 radical (unpaired) electrons. The monoisotopic (exact) mass is 146 g/mol. The second kappa shape index (κ2) is 6.95. The van der Waals surface area contributed by atoms with Crippen LogP contribution in [0.4, 0.5) is 0 Å². The maximum atomic E-state index is 5.59. The first-order valence-electron chi connectivity index (χ1n) is 3.70. The van der Waals surface area contributed by atoms with E-state index in [9.17, 15) is 0 Å². The highest BCUT2D eigenvalue weighted by atomic mass is 15.0. The summed E-state index contributed by atoms with van der Waals surface area (Å²) in [5.41, 5.74) is 16.2. The van der Waals surface area contributed by atoms with Crippen LogP contribution in [0.3, 0.4) is 0 Å². The van der Waals surface area contributed by atoms with Gasteiger partial charge in [-0.1, -0.05) is 0 Å². The molecule has 0 aliphatic heterocycles. The normalized spacial score (nSPS) is 13.5. The van der Waals surface area contributed by atoms with Gasteiger partial charge in [0.1, 0.15) is 0 Å². The number of nitrogens with two attached hydrogens (primary N) is 3. The van der Waals surface area contributed by atoms with Crippen LogP contribution in [0.15, 0.2) is 0 Å². The molecular formula is C6H18N4. The van der Waals surface area contributed by atoms with Crippen LogP contribution < -0.4 is 22.5 Å². The molecule has 4 nitrogen and oxygen atoms in total. The van der Waals surface area contributed by atoms with Crippen LogP contribution in [-0.2, 0) is 0 Å². The van der Waals surface area contributed by atoms with Gasteiger partial charge in [-0.15, -0.1) is 0 Å². The fourth-order valence-corrected chi connectivity index (χ4v) is 0.671. The van der Waals surface area contributed by atoms with E-state index in [0.717, 1.165) is 19.4 Å². The van der Waals surface area contributed by atoms with Gasteiger partial charge in [0, 0.05) is 0 Å². The molecule has 0 aromatic rings. The van der Waals surface area contributed by atoms with Gasteiger partial charge in [0.2, 0.25) is 0 Å². The molecule has 0 spiro atoms. The van der Waals surface area contributed by atoms with Crippen molar-refractivity contribution in [2.24, 2.45) is 17.2 Å². The Morgan fingerprint density at radius 3 is 2.40 bits per heavy atom. The molecule has 0 rings (SSSR count). The van der Waals surface area contributed by atoms with Crippen molar-refractivity contribution >= 4 is 0 Å². The molecule has 7 N–H and O–H groups in total. The van der Waals surface area contributed by atoms with E-state index < -0.39 is 0 Å². The molecule has 0 saturated heterocycles. The average molecular weight is 146 g/mol. The zero-order chi connectivity index (χ0) is 7.82. The minimum absolute atomic E-state index is 0.0385. The summed E-state index contributed by atoms with van der Waals surface area (Å²) < 4.78 is 0. The Bertz CT molecular complexity index is 66.8. The minimum atomic E-state index is 0.0385. The number of rotatable bonds is 6. The van der Waals surface area contributed by atoms with E-state index >= 15 is 0 Å². The molecule has 0 aromatic carbocycles. The van der Waals surface area contributed by atoms with Crippen molar-refractivity contribution in [2.75, 3.05) is 19.6 Å². The van der Waals surface area contributed by atoms with Gasteiger partial charge < -0.3 is 22.5 Å². The highest BCUT2D eigenvalue weighted by molar-refractivity contribution is 4.58. The number of nitrogens with one attached hydrogen (secondary N) is 1. The fourth-order valence-electron chi connectivity index (χ4n) is 0.671. The van der Waals surface area contributed by atoms with Crippen molar-refractivity contribution in [3.63, 3.8) is 0 Å². The molecular weight excluding hydrogens is 128 g/mol. The maximum Gasteiger partial charge on any atom is 0.0558 e. The van der Waals surface area contributed by atoms with Crippen LogP contribution in [0, 0.1) is 0 Å².